The third-order valence-electron chi connectivity index (χ3n) is 8.67. The van der Waals surface area contributed by atoms with E-state index in [1.165, 1.54) is 17.0 Å². The summed E-state index contributed by atoms with van der Waals surface area (Å²) in [5.41, 5.74) is 3.29. The second-order valence-corrected chi connectivity index (χ2v) is 13.6. The van der Waals surface area contributed by atoms with Gasteiger partial charge < -0.3 is 30.4 Å². The molecule has 4 N–H and O–H groups in total. The van der Waals surface area contributed by atoms with Crippen molar-refractivity contribution in [1.82, 2.24) is 20.5 Å². The number of para-hydroxylation sites is 1. The summed E-state index contributed by atoms with van der Waals surface area (Å²) >= 11 is 3.60. The highest BCUT2D eigenvalue weighted by atomic mass is 79.9. The molecule has 47 heavy (non-hydrogen) atoms. The Morgan fingerprint density at radius 1 is 0.936 bits per heavy atom. The number of fused-ring (bicyclic) bond motifs is 1. The number of carbonyl (C=O) groups excluding carboxylic acids is 4. The Morgan fingerprint density at radius 2 is 1.62 bits per heavy atom. The lowest BCUT2D eigenvalue weighted by Gasteiger charge is -2.31. The van der Waals surface area contributed by atoms with Gasteiger partial charge in [0.25, 0.3) is 0 Å². The smallest absolute Gasteiger partial charge is 0.308 e. The molecule has 0 saturated heterocycles. The molecular weight excluding hydrogens is 664 g/mol. The maximum atomic E-state index is 14.3. The number of H-pyrrole nitrogens is 1. The van der Waals surface area contributed by atoms with Crippen LogP contribution in [0.2, 0.25) is 0 Å². The van der Waals surface area contributed by atoms with E-state index < -0.39 is 42.0 Å². The molecule has 1 aromatic heterocycles. The number of benzene rings is 2. The molecule has 0 radical (unpaired) electrons. The molecule has 0 bridgehead atoms. The van der Waals surface area contributed by atoms with Gasteiger partial charge in [-0.15, -0.1) is 0 Å². The first-order chi connectivity index (χ1) is 22.2. The minimum atomic E-state index is -1.02. The van der Waals surface area contributed by atoms with Crippen molar-refractivity contribution >= 4 is 50.5 Å². The van der Waals surface area contributed by atoms with Gasteiger partial charge in [-0.3, -0.25) is 19.2 Å². The summed E-state index contributed by atoms with van der Waals surface area (Å²) in [6, 6.07) is 11.2. The first-order valence-corrected chi connectivity index (χ1v) is 16.8. The van der Waals surface area contributed by atoms with Crippen LogP contribution in [0.15, 0.2) is 64.8 Å². The minimum Gasteiger partial charge on any atom is -0.508 e. The number of ether oxygens (including phenoxy) is 1. The zero-order valence-electron chi connectivity index (χ0n) is 27.8. The van der Waals surface area contributed by atoms with Gasteiger partial charge in [-0.1, -0.05) is 55.8 Å². The first-order valence-electron chi connectivity index (χ1n) is 16.0. The summed E-state index contributed by atoms with van der Waals surface area (Å²) in [6.07, 6.45) is 2.76. The van der Waals surface area contributed by atoms with Crippen LogP contribution >= 0.6 is 15.9 Å². The van der Waals surface area contributed by atoms with Crippen LogP contribution in [0.5, 0.6) is 5.75 Å². The average molecular weight is 710 g/mol. The van der Waals surface area contributed by atoms with Gasteiger partial charge in [-0.05, 0) is 84.8 Å². The van der Waals surface area contributed by atoms with Crippen molar-refractivity contribution in [3.63, 3.8) is 0 Å². The van der Waals surface area contributed by atoms with E-state index in [4.69, 9.17) is 4.74 Å². The maximum Gasteiger partial charge on any atom is 0.308 e. The van der Waals surface area contributed by atoms with Gasteiger partial charge in [-0.25, -0.2) is 0 Å². The van der Waals surface area contributed by atoms with Crippen molar-refractivity contribution in [2.75, 3.05) is 7.05 Å². The lowest BCUT2D eigenvalue weighted by atomic mass is 9.95. The molecule has 4 rings (SSSR count). The second-order valence-electron chi connectivity index (χ2n) is 12.9. The van der Waals surface area contributed by atoms with Gasteiger partial charge in [0, 0.05) is 30.3 Å². The number of hydrogen-bond donors (Lipinski definition) is 4. The normalized spacial score (nSPS) is 27.1. The molecule has 1 aliphatic heterocycles. The molecule has 0 spiro atoms. The maximum absolute atomic E-state index is 14.3. The fourth-order valence-corrected chi connectivity index (χ4v) is 6.87. The number of allylic oxidation sites excluding steroid dienone is 2. The number of aromatic amines is 1. The molecule has 252 valence electrons. The molecular formula is C36H45BrN4O6. The molecule has 6 atom stereocenters. The number of aromatic hydroxyl groups is 1. The fraction of sp³-hybridized carbons (Fsp3) is 0.444. The summed E-state index contributed by atoms with van der Waals surface area (Å²) in [5.74, 6) is -1.93. The van der Waals surface area contributed by atoms with E-state index in [-0.39, 0.29) is 36.3 Å². The fourth-order valence-electron chi connectivity index (χ4n) is 6.28. The summed E-state index contributed by atoms with van der Waals surface area (Å²) in [7, 11) is 1.55. The number of hydrogen-bond acceptors (Lipinski definition) is 6. The van der Waals surface area contributed by atoms with Gasteiger partial charge in [0.05, 0.1) is 23.2 Å². The minimum absolute atomic E-state index is 0.0439. The number of nitrogens with one attached hydrogen (secondary N) is 3. The molecule has 0 unspecified atom stereocenters. The molecule has 3 aromatic rings. The SMILES string of the molecule is C/C1=C/[C@H](C)C[C@H](C)OC(=O)C[C@H](c2ccc(O)cc2)NC(=O)[C@@H](Cc2c(Br)[nH]c3ccccc23)N(C)C(=O)[C@H](C)NC(=O)[C@@H](C)C1. The zero-order chi connectivity index (χ0) is 34.4. The number of phenolic OH excluding ortho intramolecular Hbond substituents is 1. The van der Waals surface area contributed by atoms with Gasteiger partial charge in [-0.2, -0.15) is 0 Å². The van der Waals surface area contributed by atoms with Crippen molar-refractivity contribution in [2.24, 2.45) is 11.8 Å². The van der Waals surface area contributed by atoms with Crippen LogP contribution in [0, 0.1) is 11.8 Å². The average Bonchev–Trinajstić information content (AvgIpc) is 3.32. The third-order valence-corrected chi connectivity index (χ3v) is 9.35. The molecule has 2 heterocycles. The van der Waals surface area contributed by atoms with Crippen molar-refractivity contribution in [1.29, 1.82) is 0 Å². The monoisotopic (exact) mass is 708 g/mol. The van der Waals surface area contributed by atoms with Crippen LogP contribution in [0.25, 0.3) is 10.9 Å². The molecule has 0 saturated carbocycles. The van der Waals surface area contributed by atoms with Gasteiger partial charge in [0.15, 0.2) is 0 Å². The number of esters is 1. The van der Waals surface area contributed by atoms with E-state index in [1.54, 1.807) is 26.1 Å². The molecule has 0 aliphatic carbocycles. The Labute approximate surface area is 284 Å². The number of rotatable bonds is 3. The molecule has 1 aliphatic rings. The van der Waals surface area contributed by atoms with E-state index in [0.717, 1.165) is 22.0 Å². The summed E-state index contributed by atoms with van der Waals surface area (Å²) in [4.78, 5) is 59.2. The quantitative estimate of drug-likeness (QED) is 0.203. The highest BCUT2D eigenvalue weighted by Gasteiger charge is 2.34. The number of amides is 3. The lowest BCUT2D eigenvalue weighted by Crippen LogP contribution is -2.55. The molecule has 3 amide bonds. The van der Waals surface area contributed by atoms with Crippen molar-refractivity contribution in [2.45, 2.75) is 84.5 Å². The predicted octanol–water partition coefficient (Wildman–Crippen LogP) is 5.70. The zero-order valence-corrected chi connectivity index (χ0v) is 29.4. The van der Waals surface area contributed by atoms with Gasteiger partial charge >= 0.3 is 5.97 Å². The summed E-state index contributed by atoms with van der Waals surface area (Å²) in [6.45, 7) is 9.27. The first kappa shape index (κ1) is 35.7. The Morgan fingerprint density at radius 3 is 2.32 bits per heavy atom. The Hall–Kier alpha value is -4.12. The van der Waals surface area contributed by atoms with E-state index in [0.29, 0.717) is 23.0 Å². The second kappa shape index (κ2) is 15.6. The van der Waals surface area contributed by atoms with Crippen LogP contribution in [-0.4, -0.2) is 63.9 Å². The van der Waals surface area contributed by atoms with Crippen molar-refractivity contribution in [3.8, 4) is 5.75 Å². The van der Waals surface area contributed by atoms with Crippen LogP contribution in [-0.2, 0) is 30.3 Å². The van der Waals surface area contributed by atoms with Crippen LogP contribution < -0.4 is 10.6 Å². The molecule has 0 fully saturated rings. The summed E-state index contributed by atoms with van der Waals surface area (Å²) in [5, 5.41) is 16.7. The largest absolute Gasteiger partial charge is 0.508 e. The molecule has 2 aromatic carbocycles. The third kappa shape index (κ3) is 9.24. The van der Waals surface area contributed by atoms with E-state index in [1.807, 2.05) is 52.0 Å². The van der Waals surface area contributed by atoms with E-state index in [2.05, 4.69) is 37.6 Å². The lowest BCUT2D eigenvalue weighted by molar-refractivity contribution is -0.149. The van der Waals surface area contributed by atoms with Crippen molar-refractivity contribution < 1.29 is 29.0 Å². The van der Waals surface area contributed by atoms with Crippen molar-refractivity contribution in [3.05, 3.63) is 75.9 Å². The highest BCUT2D eigenvalue weighted by Crippen LogP contribution is 2.29. The molecule has 11 heteroatoms. The van der Waals surface area contributed by atoms with Gasteiger partial charge in [0.2, 0.25) is 17.7 Å². The number of nitrogens with zero attached hydrogens (tertiary/aromatic N) is 1. The van der Waals surface area contributed by atoms with E-state index in [9.17, 15) is 24.3 Å². The van der Waals surface area contributed by atoms with Gasteiger partial charge in [0.1, 0.15) is 17.8 Å². The van der Waals surface area contributed by atoms with E-state index >= 15 is 0 Å². The predicted molar refractivity (Wildman–Crippen MR) is 184 cm³/mol. The highest BCUT2D eigenvalue weighted by molar-refractivity contribution is 9.10. The number of cyclic esters (lactones) is 1. The number of phenols is 1. The number of aromatic nitrogens is 1. The molecule has 10 nitrogen and oxygen atoms in total. The Kier molecular flexibility index (Phi) is 11.9. The topological polar surface area (TPSA) is 141 Å². The Bertz CT molecular complexity index is 1630. The number of halogens is 1. The standard InChI is InChI=1S/C36H45BrN4O6/c1-20-15-21(2)17-23(4)47-32(43)19-30(25-11-13-26(42)14-12-25)40-35(45)31(18-28-27-9-7-8-10-29(27)39-33(28)37)41(6)36(46)24(5)38-34(44)22(3)16-20/h7-15,21-24,30-31,39,42H,16-19H2,1-6H3,(H,38,44)(H,40,45)/b20-15-/t21-,22-,23-,24-,30+,31+/m0/s1. The summed E-state index contributed by atoms with van der Waals surface area (Å²) < 4.78 is 6.47. The van der Waals surface area contributed by atoms with Crippen LogP contribution in [0.4, 0.5) is 0 Å². The number of likely N-dealkylation sites (N-methyl/N-ethyl adjacent to an activating group) is 1. The van der Waals surface area contributed by atoms with Crippen LogP contribution in [0.3, 0.4) is 0 Å². The Balaban J connectivity index is 1.74. The van der Waals surface area contributed by atoms with Crippen LogP contribution in [0.1, 0.15) is 71.0 Å². The number of carbonyl (C=O) groups is 4.